The molecule has 7 nitrogen and oxygen atoms in total. The molecule has 1 amide bonds. The molecular weight excluding hydrogens is 398 g/mol. The topological polar surface area (TPSA) is 96.4 Å². The number of hydrogen-bond acceptors (Lipinski definition) is 6. The van der Waals surface area contributed by atoms with Gasteiger partial charge in [-0.3, -0.25) is 14.9 Å². The van der Waals surface area contributed by atoms with Gasteiger partial charge >= 0.3 is 0 Å². The molecule has 1 aromatic heterocycles. The molecule has 28 heavy (non-hydrogen) atoms. The van der Waals surface area contributed by atoms with Crippen LogP contribution in [0.5, 0.6) is 0 Å². The quantitative estimate of drug-likeness (QED) is 0.620. The molecule has 9 heteroatoms. The van der Waals surface area contributed by atoms with Gasteiger partial charge in [-0.15, -0.1) is 0 Å². The molecule has 152 valence electrons. The lowest BCUT2D eigenvalue weighted by Crippen LogP contribution is -2.31. The number of nitrogens with zero attached hydrogens (tertiary/aromatic N) is 2. The Morgan fingerprint density at radius 1 is 1.18 bits per heavy atom. The molecule has 0 saturated carbocycles. The van der Waals surface area contributed by atoms with Gasteiger partial charge in [-0.25, -0.2) is 13.4 Å². The van der Waals surface area contributed by atoms with E-state index >= 15 is 0 Å². The summed E-state index contributed by atoms with van der Waals surface area (Å²) in [5.74, 6) is -0.514. The lowest BCUT2D eigenvalue weighted by Gasteiger charge is -2.20. The Balaban J connectivity index is 2.16. The molecule has 0 aliphatic heterocycles. The Hall–Kier alpha value is -2.10. The van der Waals surface area contributed by atoms with Crippen molar-refractivity contribution in [2.45, 2.75) is 45.4 Å². The third-order valence-corrected chi connectivity index (χ3v) is 7.37. The SMILES string of the molecule is CCCCN(CC)S(=O)(=O)c1ccc(C(=O)Nc2nc(C)c(C(C)=O)s2)cc1. The van der Waals surface area contributed by atoms with Gasteiger partial charge in [0.1, 0.15) is 0 Å². The van der Waals surface area contributed by atoms with Gasteiger partial charge in [0.25, 0.3) is 5.91 Å². The summed E-state index contributed by atoms with van der Waals surface area (Å²) in [6, 6.07) is 5.82. The number of rotatable bonds is 9. The number of amides is 1. The lowest BCUT2D eigenvalue weighted by molar-refractivity contribution is 0.101. The average molecular weight is 424 g/mol. The number of hydrogen-bond donors (Lipinski definition) is 1. The maximum atomic E-state index is 12.7. The predicted molar refractivity (Wildman–Crippen MR) is 111 cm³/mol. The maximum absolute atomic E-state index is 12.7. The molecule has 2 aromatic rings. The number of anilines is 1. The number of Topliss-reactive ketones (excluding diaryl/α,β-unsaturated/α-hetero) is 1. The van der Waals surface area contributed by atoms with E-state index in [9.17, 15) is 18.0 Å². The Bertz CT molecular complexity index is 950. The highest BCUT2D eigenvalue weighted by Crippen LogP contribution is 2.24. The summed E-state index contributed by atoms with van der Waals surface area (Å²) in [5, 5.41) is 2.99. The first-order chi connectivity index (χ1) is 13.2. The number of carbonyl (C=O) groups is 2. The van der Waals surface area contributed by atoms with Gasteiger partial charge in [0.15, 0.2) is 10.9 Å². The molecule has 2 rings (SSSR count). The van der Waals surface area contributed by atoms with E-state index in [1.54, 1.807) is 13.8 Å². The molecule has 0 radical (unpaired) electrons. The summed E-state index contributed by atoms with van der Waals surface area (Å²) in [4.78, 5) is 28.8. The van der Waals surface area contributed by atoms with Crippen molar-refractivity contribution in [1.29, 1.82) is 0 Å². The van der Waals surface area contributed by atoms with Crippen LogP contribution in [0, 0.1) is 6.92 Å². The molecule has 0 fully saturated rings. The van der Waals surface area contributed by atoms with Gasteiger partial charge in [-0.05, 0) is 37.6 Å². The predicted octanol–water partition coefficient (Wildman–Crippen LogP) is 3.72. The minimum atomic E-state index is -3.58. The molecule has 0 spiro atoms. The van der Waals surface area contributed by atoms with E-state index in [4.69, 9.17) is 0 Å². The zero-order valence-corrected chi connectivity index (χ0v) is 18.1. The number of nitrogens with one attached hydrogen (secondary N) is 1. The van der Waals surface area contributed by atoms with E-state index in [-0.39, 0.29) is 10.7 Å². The Kier molecular flexibility index (Phi) is 7.45. The zero-order chi connectivity index (χ0) is 20.9. The molecule has 1 heterocycles. The minimum absolute atomic E-state index is 0.103. The van der Waals surface area contributed by atoms with Crippen LogP contribution in [0.3, 0.4) is 0 Å². The highest BCUT2D eigenvalue weighted by atomic mass is 32.2. The van der Waals surface area contributed by atoms with E-state index < -0.39 is 15.9 Å². The third kappa shape index (κ3) is 5.03. The molecule has 0 aliphatic carbocycles. The first kappa shape index (κ1) is 22.2. The lowest BCUT2D eigenvalue weighted by atomic mass is 10.2. The Labute approximate surface area is 169 Å². The molecule has 1 aromatic carbocycles. The fourth-order valence-electron chi connectivity index (χ4n) is 2.66. The summed E-state index contributed by atoms with van der Waals surface area (Å²) in [5.41, 5.74) is 0.883. The molecule has 0 atom stereocenters. The van der Waals surface area contributed by atoms with Crippen LogP contribution in [0.25, 0.3) is 0 Å². The van der Waals surface area contributed by atoms with Crippen molar-refractivity contribution in [2.24, 2.45) is 0 Å². The highest BCUT2D eigenvalue weighted by molar-refractivity contribution is 7.89. The van der Waals surface area contributed by atoms with Crippen LogP contribution in [0.15, 0.2) is 29.2 Å². The maximum Gasteiger partial charge on any atom is 0.257 e. The number of carbonyl (C=O) groups excluding carboxylic acids is 2. The van der Waals surface area contributed by atoms with Crippen molar-refractivity contribution < 1.29 is 18.0 Å². The molecule has 0 saturated heterocycles. The van der Waals surface area contributed by atoms with E-state index in [0.29, 0.717) is 34.4 Å². The zero-order valence-electron chi connectivity index (χ0n) is 16.5. The van der Waals surface area contributed by atoms with Gasteiger partial charge in [-0.2, -0.15) is 4.31 Å². The van der Waals surface area contributed by atoms with E-state index in [0.717, 1.165) is 24.2 Å². The number of benzene rings is 1. The van der Waals surface area contributed by atoms with Crippen LogP contribution in [-0.2, 0) is 10.0 Å². The second-order valence-corrected chi connectivity index (χ2v) is 9.26. The first-order valence-electron chi connectivity index (χ1n) is 9.10. The summed E-state index contributed by atoms with van der Waals surface area (Å²) in [6.45, 7) is 7.84. The van der Waals surface area contributed by atoms with Crippen LogP contribution >= 0.6 is 11.3 Å². The fraction of sp³-hybridized carbons (Fsp3) is 0.421. The van der Waals surface area contributed by atoms with Crippen molar-refractivity contribution in [3.05, 3.63) is 40.4 Å². The van der Waals surface area contributed by atoms with Crippen LogP contribution in [0.4, 0.5) is 5.13 Å². The van der Waals surface area contributed by atoms with E-state index in [1.807, 2.05) is 6.92 Å². The second kappa shape index (κ2) is 9.40. The number of thiazole rings is 1. The monoisotopic (exact) mass is 423 g/mol. The molecular formula is C19H25N3O4S2. The first-order valence-corrected chi connectivity index (χ1v) is 11.4. The smallest absolute Gasteiger partial charge is 0.257 e. The summed E-state index contributed by atoms with van der Waals surface area (Å²) >= 11 is 1.12. The average Bonchev–Trinajstić information content (AvgIpc) is 3.02. The van der Waals surface area contributed by atoms with Crippen LogP contribution in [0.2, 0.25) is 0 Å². The van der Waals surface area contributed by atoms with Gasteiger partial charge < -0.3 is 0 Å². The van der Waals surface area contributed by atoms with Crippen molar-refractivity contribution in [1.82, 2.24) is 9.29 Å². The number of sulfonamides is 1. The van der Waals surface area contributed by atoms with Crippen molar-refractivity contribution in [3.63, 3.8) is 0 Å². The fourth-order valence-corrected chi connectivity index (χ4v) is 5.00. The Morgan fingerprint density at radius 2 is 1.82 bits per heavy atom. The number of unbranched alkanes of at least 4 members (excludes halogenated alkanes) is 1. The molecule has 0 bridgehead atoms. The molecule has 0 unspecified atom stereocenters. The van der Waals surface area contributed by atoms with E-state index in [2.05, 4.69) is 10.3 Å². The number of ketones is 1. The van der Waals surface area contributed by atoms with Gasteiger partial charge in [0.2, 0.25) is 10.0 Å². The largest absolute Gasteiger partial charge is 0.298 e. The van der Waals surface area contributed by atoms with Crippen molar-refractivity contribution in [3.8, 4) is 0 Å². The van der Waals surface area contributed by atoms with Crippen LogP contribution in [-0.4, -0.2) is 42.5 Å². The van der Waals surface area contributed by atoms with Gasteiger partial charge in [-0.1, -0.05) is 31.6 Å². The standard InChI is InChI=1S/C19H25N3O4S2/c1-5-7-12-22(6-2)28(25,26)16-10-8-15(9-11-16)18(24)21-19-20-13(3)17(27-19)14(4)23/h8-11H,5-7,12H2,1-4H3,(H,20,21,24). The van der Waals surface area contributed by atoms with Crippen LogP contribution < -0.4 is 5.32 Å². The van der Waals surface area contributed by atoms with E-state index in [1.165, 1.54) is 35.5 Å². The summed E-state index contributed by atoms with van der Waals surface area (Å²) < 4.78 is 26.9. The van der Waals surface area contributed by atoms with Gasteiger partial charge in [0, 0.05) is 25.6 Å². The normalized spacial score (nSPS) is 11.6. The summed E-state index contributed by atoms with van der Waals surface area (Å²) in [7, 11) is -3.58. The van der Waals surface area contributed by atoms with Crippen LogP contribution in [0.1, 0.15) is 59.3 Å². The highest BCUT2D eigenvalue weighted by Gasteiger charge is 2.23. The van der Waals surface area contributed by atoms with Crippen molar-refractivity contribution in [2.75, 3.05) is 18.4 Å². The number of aryl methyl sites for hydroxylation is 1. The summed E-state index contributed by atoms with van der Waals surface area (Å²) in [6.07, 6.45) is 1.70. The molecule has 1 N–H and O–H groups in total. The molecule has 0 aliphatic rings. The second-order valence-electron chi connectivity index (χ2n) is 6.32. The van der Waals surface area contributed by atoms with Gasteiger partial charge in [0.05, 0.1) is 15.5 Å². The van der Waals surface area contributed by atoms with Crippen molar-refractivity contribution >= 4 is 38.2 Å². The third-order valence-electron chi connectivity index (χ3n) is 4.20. The Morgan fingerprint density at radius 3 is 2.32 bits per heavy atom. The number of aromatic nitrogens is 1. The minimum Gasteiger partial charge on any atom is -0.298 e.